The Bertz CT molecular complexity index is 921. The summed E-state index contributed by atoms with van der Waals surface area (Å²) in [6.07, 6.45) is 6.27. The number of nitrogens with one attached hydrogen (secondary N) is 2. The average Bonchev–Trinajstić information content (AvgIpc) is 3.06. The van der Waals surface area contributed by atoms with Crippen LogP contribution in [0.1, 0.15) is 0 Å². The van der Waals surface area contributed by atoms with Gasteiger partial charge in [-0.15, -0.1) is 0 Å². The predicted molar refractivity (Wildman–Crippen MR) is 75.2 cm³/mol. The van der Waals surface area contributed by atoms with Gasteiger partial charge in [0.2, 0.25) is 5.95 Å². The first-order chi connectivity index (χ1) is 10.1. The minimum Gasteiger partial charge on any atom is -0.369 e. The molecule has 4 aromatic rings. The van der Waals surface area contributed by atoms with Crippen molar-refractivity contribution in [2.75, 3.05) is 5.73 Å². The fourth-order valence-electron chi connectivity index (χ4n) is 1.77. The zero-order valence-corrected chi connectivity index (χ0v) is 11.0. The number of anilines is 1. The van der Waals surface area contributed by atoms with Crippen molar-refractivity contribution in [3.8, 4) is 0 Å². The molecule has 0 bridgehead atoms. The van der Waals surface area contributed by atoms with Crippen molar-refractivity contribution in [3.63, 3.8) is 0 Å². The lowest BCUT2D eigenvalue weighted by Gasteiger charge is -1.93. The first-order valence-electron chi connectivity index (χ1n) is 5.91. The van der Waals surface area contributed by atoms with Crippen LogP contribution in [-0.2, 0) is 7.05 Å². The van der Waals surface area contributed by atoms with Crippen LogP contribution in [0.25, 0.3) is 22.3 Å². The number of aromatic amines is 2. The van der Waals surface area contributed by atoms with Gasteiger partial charge in [0, 0.05) is 7.05 Å². The summed E-state index contributed by atoms with van der Waals surface area (Å²) in [5.41, 5.74) is 7.45. The molecule has 0 aliphatic rings. The highest BCUT2D eigenvalue weighted by molar-refractivity contribution is 5.70. The molecule has 0 saturated carbocycles. The number of nitrogens with two attached hydrogens (primary N) is 1. The van der Waals surface area contributed by atoms with Crippen LogP contribution in [0, 0.1) is 0 Å². The third-order valence-corrected chi connectivity index (χ3v) is 2.70. The summed E-state index contributed by atoms with van der Waals surface area (Å²) in [6.45, 7) is 0. The van der Waals surface area contributed by atoms with Gasteiger partial charge < -0.3 is 15.3 Å². The summed E-state index contributed by atoms with van der Waals surface area (Å²) in [6, 6.07) is 0. The van der Waals surface area contributed by atoms with E-state index < -0.39 is 0 Å². The van der Waals surface area contributed by atoms with E-state index in [0.717, 1.165) is 11.2 Å². The maximum atomic E-state index is 11.2. The minimum atomic E-state index is -0.266. The molecule has 0 saturated heterocycles. The quantitative estimate of drug-likeness (QED) is 0.398. The Balaban J connectivity index is 0.000000131. The van der Waals surface area contributed by atoms with Crippen molar-refractivity contribution in [2.24, 2.45) is 7.05 Å². The number of aryl methyl sites for hydroxylation is 1. The summed E-state index contributed by atoms with van der Waals surface area (Å²) >= 11 is 0. The van der Waals surface area contributed by atoms with Crippen LogP contribution < -0.4 is 11.3 Å². The molecule has 0 aliphatic heterocycles. The fraction of sp³-hybridized carbons (Fsp3) is 0.0909. The van der Waals surface area contributed by atoms with E-state index in [-0.39, 0.29) is 11.5 Å². The Labute approximate surface area is 117 Å². The number of H-pyrrole nitrogens is 2. The van der Waals surface area contributed by atoms with E-state index in [1.165, 1.54) is 12.7 Å². The van der Waals surface area contributed by atoms with Crippen LogP contribution in [0.2, 0.25) is 0 Å². The summed E-state index contributed by atoms with van der Waals surface area (Å²) in [5, 5.41) is 0. The molecule has 4 aromatic heterocycles. The highest BCUT2D eigenvalue weighted by atomic mass is 16.1. The molecule has 10 heteroatoms. The van der Waals surface area contributed by atoms with E-state index in [9.17, 15) is 4.79 Å². The van der Waals surface area contributed by atoms with Gasteiger partial charge in [-0.05, 0) is 0 Å². The second-order valence-corrected chi connectivity index (χ2v) is 4.14. The number of hydrogen-bond acceptors (Lipinski definition) is 7. The largest absolute Gasteiger partial charge is 0.369 e. The molecule has 0 aromatic carbocycles. The molecule has 0 atom stereocenters. The second kappa shape index (κ2) is 5.00. The molecular formula is C11H11N9O. The Morgan fingerprint density at radius 1 is 1.29 bits per heavy atom. The van der Waals surface area contributed by atoms with Gasteiger partial charge in [0.15, 0.2) is 16.8 Å². The fourth-order valence-corrected chi connectivity index (χ4v) is 1.77. The average molecular weight is 285 g/mol. The van der Waals surface area contributed by atoms with E-state index in [1.54, 1.807) is 24.1 Å². The summed E-state index contributed by atoms with van der Waals surface area (Å²) in [5.74, 6) is 0.0891. The SMILES string of the molecule is Cn1cnc2nc(N)[nH]c(=O)c21.c1ncc2nc[nH]c2n1. The van der Waals surface area contributed by atoms with Crippen LogP contribution in [0.15, 0.2) is 30.0 Å². The van der Waals surface area contributed by atoms with E-state index in [2.05, 4.69) is 34.9 Å². The lowest BCUT2D eigenvalue weighted by Crippen LogP contribution is -2.13. The predicted octanol–water partition coefficient (Wildman–Crippen LogP) is -0.408. The van der Waals surface area contributed by atoms with Gasteiger partial charge in [0.25, 0.3) is 5.56 Å². The van der Waals surface area contributed by atoms with E-state index in [0.29, 0.717) is 11.2 Å². The number of rotatable bonds is 0. The number of aromatic nitrogens is 8. The van der Waals surface area contributed by atoms with Gasteiger partial charge >= 0.3 is 0 Å². The zero-order valence-electron chi connectivity index (χ0n) is 11.0. The Morgan fingerprint density at radius 2 is 2.14 bits per heavy atom. The van der Waals surface area contributed by atoms with Crippen molar-refractivity contribution in [3.05, 3.63) is 35.5 Å². The Hall–Kier alpha value is -3.30. The van der Waals surface area contributed by atoms with Crippen molar-refractivity contribution in [2.45, 2.75) is 0 Å². The first-order valence-corrected chi connectivity index (χ1v) is 5.91. The molecule has 21 heavy (non-hydrogen) atoms. The van der Waals surface area contributed by atoms with Crippen LogP contribution in [-0.4, -0.2) is 39.5 Å². The maximum absolute atomic E-state index is 11.2. The maximum Gasteiger partial charge on any atom is 0.278 e. The molecule has 0 fully saturated rings. The number of imidazole rings is 2. The van der Waals surface area contributed by atoms with Gasteiger partial charge in [-0.25, -0.2) is 19.9 Å². The summed E-state index contributed by atoms with van der Waals surface area (Å²) < 4.78 is 1.60. The monoisotopic (exact) mass is 285 g/mol. The van der Waals surface area contributed by atoms with Crippen LogP contribution in [0.5, 0.6) is 0 Å². The van der Waals surface area contributed by atoms with Crippen LogP contribution in [0.4, 0.5) is 5.95 Å². The number of nitrogen functional groups attached to an aromatic ring is 1. The molecule has 0 amide bonds. The molecule has 0 aliphatic carbocycles. The molecule has 10 nitrogen and oxygen atoms in total. The molecule has 4 rings (SSSR count). The Kier molecular flexibility index (Phi) is 3.03. The normalized spacial score (nSPS) is 10.5. The van der Waals surface area contributed by atoms with Gasteiger partial charge in [-0.2, -0.15) is 4.98 Å². The minimum absolute atomic E-state index is 0.0891. The van der Waals surface area contributed by atoms with Crippen LogP contribution in [0.3, 0.4) is 0 Å². The molecule has 106 valence electrons. The number of hydrogen-bond donors (Lipinski definition) is 3. The standard InChI is InChI=1S/C6H7N5O.C5H4N4/c1-11-2-8-4-3(11)5(12)10-6(7)9-4;1-4-5(8-2-6-1)9-3-7-4/h2H,1H3,(H3,7,9,10,12);1-3H,(H,6,7,8,9). The summed E-state index contributed by atoms with van der Waals surface area (Å²) in [4.78, 5) is 35.9. The lowest BCUT2D eigenvalue weighted by atomic mass is 10.5. The van der Waals surface area contributed by atoms with Gasteiger partial charge in [-0.3, -0.25) is 9.78 Å². The van der Waals surface area contributed by atoms with Crippen molar-refractivity contribution < 1.29 is 0 Å². The topological polar surface area (TPSA) is 144 Å². The van der Waals surface area contributed by atoms with Crippen molar-refractivity contribution in [1.29, 1.82) is 0 Å². The molecule has 0 spiro atoms. The highest BCUT2D eigenvalue weighted by Crippen LogP contribution is 2.02. The highest BCUT2D eigenvalue weighted by Gasteiger charge is 2.05. The van der Waals surface area contributed by atoms with Crippen molar-refractivity contribution >= 4 is 28.3 Å². The van der Waals surface area contributed by atoms with E-state index in [1.807, 2.05) is 0 Å². The molecule has 0 radical (unpaired) electrons. The number of nitrogens with zero attached hydrogens (tertiary/aromatic N) is 6. The second-order valence-electron chi connectivity index (χ2n) is 4.14. The van der Waals surface area contributed by atoms with Gasteiger partial charge in [0.1, 0.15) is 11.8 Å². The van der Waals surface area contributed by atoms with Crippen molar-refractivity contribution in [1.82, 2.24) is 39.5 Å². The smallest absolute Gasteiger partial charge is 0.278 e. The van der Waals surface area contributed by atoms with E-state index >= 15 is 0 Å². The third-order valence-electron chi connectivity index (χ3n) is 2.70. The van der Waals surface area contributed by atoms with E-state index in [4.69, 9.17) is 5.73 Å². The first kappa shape index (κ1) is 12.7. The molecule has 0 unspecified atom stereocenters. The van der Waals surface area contributed by atoms with Gasteiger partial charge in [-0.1, -0.05) is 0 Å². The molecular weight excluding hydrogens is 274 g/mol. The zero-order chi connectivity index (χ0) is 14.8. The number of fused-ring (bicyclic) bond motifs is 2. The molecule has 4 N–H and O–H groups in total. The summed E-state index contributed by atoms with van der Waals surface area (Å²) in [7, 11) is 1.72. The molecule has 4 heterocycles. The lowest BCUT2D eigenvalue weighted by molar-refractivity contribution is 0.939. The Morgan fingerprint density at radius 3 is 2.95 bits per heavy atom. The third kappa shape index (κ3) is 2.41. The van der Waals surface area contributed by atoms with Gasteiger partial charge in [0.05, 0.1) is 18.9 Å². The van der Waals surface area contributed by atoms with Crippen LogP contribution >= 0.6 is 0 Å².